The first-order valence-corrected chi connectivity index (χ1v) is 10.9. The van der Waals surface area contributed by atoms with Gasteiger partial charge in [0.05, 0.1) is 5.52 Å². The second-order valence-corrected chi connectivity index (χ2v) is 8.26. The average Bonchev–Trinajstić information content (AvgIpc) is 3.42. The van der Waals surface area contributed by atoms with Gasteiger partial charge in [0.25, 0.3) is 0 Å². The van der Waals surface area contributed by atoms with Gasteiger partial charge in [0.1, 0.15) is 11.2 Å². The number of hydrogen-bond donors (Lipinski definition) is 1. The largest absolute Gasteiger partial charge is 0.455 e. The standard InChI is InChI=1S/C30H19NO/c1-2-8-19(9-3-1)20-16-17-27-26(18-20)23-12-6-11-22(29(23)31-27)25-14-7-13-24-21-10-4-5-15-28(21)32-30(24)25/h1-18,31H. The molecule has 150 valence electrons. The van der Waals surface area contributed by atoms with Crippen molar-refractivity contribution in [1.29, 1.82) is 0 Å². The lowest BCUT2D eigenvalue weighted by atomic mass is 9.99. The maximum atomic E-state index is 6.32. The third-order valence-electron chi connectivity index (χ3n) is 6.44. The third kappa shape index (κ3) is 2.47. The number of rotatable bonds is 2. The summed E-state index contributed by atoms with van der Waals surface area (Å²) in [6, 6.07) is 38.4. The SMILES string of the molecule is c1ccc(-c2ccc3[nH]c4c(-c5cccc6c5oc5ccccc56)cccc4c3c2)cc1. The Morgan fingerprint density at radius 2 is 1.25 bits per heavy atom. The fourth-order valence-electron chi connectivity index (χ4n) is 4.92. The quantitative estimate of drug-likeness (QED) is 0.304. The van der Waals surface area contributed by atoms with Crippen molar-refractivity contribution >= 4 is 43.7 Å². The van der Waals surface area contributed by atoms with E-state index in [0.29, 0.717) is 0 Å². The van der Waals surface area contributed by atoms with Crippen LogP contribution in [0.5, 0.6) is 0 Å². The lowest BCUT2D eigenvalue weighted by Crippen LogP contribution is -1.81. The molecule has 0 bridgehead atoms. The van der Waals surface area contributed by atoms with Crippen LogP contribution in [0.1, 0.15) is 0 Å². The highest BCUT2D eigenvalue weighted by atomic mass is 16.3. The summed E-state index contributed by atoms with van der Waals surface area (Å²) in [5.41, 5.74) is 8.86. The summed E-state index contributed by atoms with van der Waals surface area (Å²) in [6.07, 6.45) is 0. The number of fused-ring (bicyclic) bond motifs is 6. The maximum Gasteiger partial charge on any atom is 0.143 e. The van der Waals surface area contributed by atoms with Gasteiger partial charge < -0.3 is 9.40 Å². The van der Waals surface area contributed by atoms with Crippen molar-refractivity contribution in [1.82, 2.24) is 4.98 Å². The van der Waals surface area contributed by atoms with Crippen LogP contribution in [0, 0.1) is 0 Å². The van der Waals surface area contributed by atoms with Crippen LogP contribution in [-0.2, 0) is 0 Å². The maximum absolute atomic E-state index is 6.32. The van der Waals surface area contributed by atoms with Gasteiger partial charge >= 0.3 is 0 Å². The van der Waals surface area contributed by atoms with Crippen molar-refractivity contribution in [3.05, 3.63) is 109 Å². The normalized spacial score (nSPS) is 11.8. The molecular weight excluding hydrogens is 390 g/mol. The van der Waals surface area contributed by atoms with E-state index in [4.69, 9.17) is 4.42 Å². The Morgan fingerprint density at radius 1 is 0.500 bits per heavy atom. The molecule has 0 aliphatic carbocycles. The fraction of sp³-hybridized carbons (Fsp3) is 0. The first kappa shape index (κ1) is 17.4. The zero-order valence-corrected chi connectivity index (χ0v) is 17.3. The monoisotopic (exact) mass is 409 g/mol. The highest BCUT2D eigenvalue weighted by molar-refractivity contribution is 6.16. The number of para-hydroxylation sites is 3. The van der Waals surface area contributed by atoms with Gasteiger partial charge in [-0.3, -0.25) is 0 Å². The van der Waals surface area contributed by atoms with Gasteiger partial charge in [0.2, 0.25) is 0 Å². The van der Waals surface area contributed by atoms with E-state index in [2.05, 4.69) is 102 Å². The van der Waals surface area contributed by atoms with Gasteiger partial charge in [-0.25, -0.2) is 0 Å². The van der Waals surface area contributed by atoms with E-state index >= 15 is 0 Å². The zero-order valence-electron chi connectivity index (χ0n) is 17.3. The minimum absolute atomic E-state index is 0.922. The molecular formula is C30H19NO. The van der Waals surface area contributed by atoms with E-state index in [-0.39, 0.29) is 0 Å². The number of aromatic nitrogens is 1. The highest BCUT2D eigenvalue weighted by Crippen LogP contribution is 2.40. The van der Waals surface area contributed by atoms with E-state index in [1.54, 1.807) is 0 Å². The molecule has 2 nitrogen and oxygen atoms in total. The van der Waals surface area contributed by atoms with E-state index in [1.165, 1.54) is 21.9 Å². The summed E-state index contributed by atoms with van der Waals surface area (Å²) >= 11 is 0. The molecule has 0 aliphatic heterocycles. The highest BCUT2D eigenvalue weighted by Gasteiger charge is 2.16. The smallest absolute Gasteiger partial charge is 0.143 e. The van der Waals surface area contributed by atoms with Crippen LogP contribution in [0.25, 0.3) is 66.0 Å². The summed E-state index contributed by atoms with van der Waals surface area (Å²) < 4.78 is 6.32. The molecule has 0 saturated carbocycles. The van der Waals surface area contributed by atoms with Crippen molar-refractivity contribution < 1.29 is 4.42 Å². The van der Waals surface area contributed by atoms with Crippen molar-refractivity contribution in [2.45, 2.75) is 0 Å². The number of furan rings is 1. The third-order valence-corrected chi connectivity index (χ3v) is 6.44. The van der Waals surface area contributed by atoms with Crippen molar-refractivity contribution in [3.63, 3.8) is 0 Å². The van der Waals surface area contributed by atoms with E-state index in [1.807, 2.05) is 12.1 Å². The van der Waals surface area contributed by atoms with E-state index < -0.39 is 0 Å². The van der Waals surface area contributed by atoms with Crippen LogP contribution in [0.2, 0.25) is 0 Å². The van der Waals surface area contributed by atoms with Crippen LogP contribution < -0.4 is 0 Å². The molecule has 5 aromatic carbocycles. The number of aromatic amines is 1. The molecule has 0 unspecified atom stereocenters. The van der Waals surface area contributed by atoms with Crippen LogP contribution >= 0.6 is 0 Å². The molecule has 7 aromatic rings. The summed E-state index contributed by atoms with van der Waals surface area (Å²) in [5, 5.41) is 4.77. The fourth-order valence-corrected chi connectivity index (χ4v) is 4.92. The Morgan fingerprint density at radius 3 is 2.16 bits per heavy atom. The van der Waals surface area contributed by atoms with Crippen LogP contribution in [0.3, 0.4) is 0 Å². The average molecular weight is 409 g/mol. The van der Waals surface area contributed by atoms with E-state index in [0.717, 1.165) is 44.1 Å². The van der Waals surface area contributed by atoms with Gasteiger partial charge in [-0.05, 0) is 29.3 Å². The summed E-state index contributed by atoms with van der Waals surface area (Å²) in [6.45, 7) is 0. The molecule has 0 aliphatic rings. The second kappa shape index (κ2) is 6.60. The zero-order chi connectivity index (χ0) is 21.1. The summed E-state index contributed by atoms with van der Waals surface area (Å²) in [7, 11) is 0. The van der Waals surface area contributed by atoms with Crippen molar-refractivity contribution in [2.75, 3.05) is 0 Å². The number of H-pyrrole nitrogens is 1. The molecule has 0 fully saturated rings. The molecule has 0 saturated heterocycles. The Labute approximate surface area is 184 Å². The number of nitrogens with one attached hydrogen (secondary N) is 1. The predicted octanol–water partition coefficient (Wildman–Crippen LogP) is 8.55. The van der Waals surface area contributed by atoms with Gasteiger partial charge in [-0.1, -0.05) is 91.0 Å². The molecule has 0 radical (unpaired) electrons. The van der Waals surface area contributed by atoms with E-state index in [9.17, 15) is 0 Å². The second-order valence-electron chi connectivity index (χ2n) is 8.26. The van der Waals surface area contributed by atoms with Gasteiger partial charge in [-0.15, -0.1) is 0 Å². The predicted molar refractivity (Wildman–Crippen MR) is 134 cm³/mol. The molecule has 1 N–H and O–H groups in total. The molecule has 2 aromatic heterocycles. The number of hydrogen-bond acceptors (Lipinski definition) is 1. The summed E-state index contributed by atoms with van der Waals surface area (Å²) in [5.74, 6) is 0. The van der Waals surface area contributed by atoms with Crippen molar-refractivity contribution in [2.24, 2.45) is 0 Å². The van der Waals surface area contributed by atoms with Gasteiger partial charge in [-0.2, -0.15) is 0 Å². The molecule has 32 heavy (non-hydrogen) atoms. The van der Waals surface area contributed by atoms with Crippen LogP contribution in [0.4, 0.5) is 0 Å². The lowest BCUT2D eigenvalue weighted by molar-refractivity contribution is 0.670. The van der Waals surface area contributed by atoms with Gasteiger partial charge in [0.15, 0.2) is 0 Å². The Hall–Kier alpha value is -4.30. The van der Waals surface area contributed by atoms with Crippen LogP contribution in [-0.4, -0.2) is 4.98 Å². The lowest BCUT2D eigenvalue weighted by Gasteiger charge is -2.05. The summed E-state index contributed by atoms with van der Waals surface area (Å²) in [4.78, 5) is 3.68. The molecule has 0 spiro atoms. The minimum atomic E-state index is 0.922. The molecule has 2 heteroatoms. The molecule has 0 atom stereocenters. The molecule has 2 heterocycles. The van der Waals surface area contributed by atoms with Crippen molar-refractivity contribution in [3.8, 4) is 22.3 Å². The molecule has 7 rings (SSSR count). The van der Waals surface area contributed by atoms with Gasteiger partial charge in [0, 0.05) is 38.2 Å². The topological polar surface area (TPSA) is 28.9 Å². The number of benzene rings is 5. The Balaban J connectivity index is 1.51. The minimum Gasteiger partial charge on any atom is -0.455 e. The Kier molecular flexibility index (Phi) is 3.58. The van der Waals surface area contributed by atoms with Crippen LogP contribution in [0.15, 0.2) is 114 Å². The Bertz CT molecular complexity index is 1770. The first-order valence-electron chi connectivity index (χ1n) is 10.9. The molecule has 0 amide bonds. The first-order chi connectivity index (χ1) is 15.9.